The molecule has 2 aromatic carbocycles. The van der Waals surface area contributed by atoms with E-state index in [1.165, 1.54) is 5.56 Å². The molecule has 2 aromatic rings. The smallest absolute Gasteiger partial charge is 0.189 e. The van der Waals surface area contributed by atoms with Crippen LogP contribution < -0.4 is 15.8 Å². The number of halogens is 1. The summed E-state index contributed by atoms with van der Waals surface area (Å²) in [7, 11) is 1.67. The maximum Gasteiger partial charge on any atom is 0.189 e. The Morgan fingerprint density at radius 3 is 2.64 bits per heavy atom. The number of methoxy groups -OCH3 is 1. The molecule has 0 saturated heterocycles. The van der Waals surface area contributed by atoms with Crippen LogP contribution in [0.15, 0.2) is 58.0 Å². The van der Waals surface area contributed by atoms with Gasteiger partial charge < -0.3 is 15.8 Å². The largest absolute Gasteiger partial charge is 0.497 e. The van der Waals surface area contributed by atoms with Crippen LogP contribution in [0.4, 0.5) is 0 Å². The molecule has 2 unspecified atom stereocenters. The standard InChI is InChI=1S/C17H18BrN3O/c1-22-14-7-5-11(6-8-14)15-10-16(21-17(19)20-15)12-3-2-4-13(18)9-12/h2-9,15-16H,10H2,1H3,(H3,19,20,21). The fourth-order valence-corrected chi connectivity index (χ4v) is 3.12. The monoisotopic (exact) mass is 359 g/mol. The minimum Gasteiger partial charge on any atom is -0.497 e. The van der Waals surface area contributed by atoms with Gasteiger partial charge in [0.15, 0.2) is 5.96 Å². The third-order valence-corrected chi connectivity index (χ3v) is 4.32. The molecule has 0 radical (unpaired) electrons. The highest BCUT2D eigenvalue weighted by atomic mass is 79.9. The van der Waals surface area contributed by atoms with Gasteiger partial charge in [0.25, 0.3) is 0 Å². The number of nitrogens with two attached hydrogens (primary N) is 1. The molecular weight excluding hydrogens is 342 g/mol. The van der Waals surface area contributed by atoms with Gasteiger partial charge in [-0.1, -0.05) is 40.2 Å². The molecule has 0 aliphatic carbocycles. The number of hydrogen-bond acceptors (Lipinski definition) is 4. The second-order valence-corrected chi connectivity index (χ2v) is 6.21. The summed E-state index contributed by atoms with van der Waals surface area (Å²) in [4.78, 5) is 4.54. The first-order chi connectivity index (χ1) is 10.7. The molecule has 2 atom stereocenters. The Kier molecular flexibility index (Phi) is 4.34. The number of nitrogens with one attached hydrogen (secondary N) is 1. The zero-order valence-electron chi connectivity index (χ0n) is 12.3. The average Bonchev–Trinajstić information content (AvgIpc) is 2.54. The Balaban J connectivity index is 1.84. The van der Waals surface area contributed by atoms with Crippen molar-refractivity contribution in [1.82, 2.24) is 5.32 Å². The van der Waals surface area contributed by atoms with Crippen LogP contribution >= 0.6 is 15.9 Å². The normalized spacial score (nSPS) is 20.9. The Morgan fingerprint density at radius 1 is 1.18 bits per heavy atom. The molecule has 3 N–H and O–H groups in total. The van der Waals surface area contributed by atoms with E-state index >= 15 is 0 Å². The van der Waals surface area contributed by atoms with Crippen molar-refractivity contribution >= 4 is 21.9 Å². The van der Waals surface area contributed by atoms with Crippen molar-refractivity contribution in [3.05, 3.63) is 64.1 Å². The summed E-state index contributed by atoms with van der Waals surface area (Å²) < 4.78 is 6.26. The first-order valence-electron chi connectivity index (χ1n) is 7.15. The zero-order chi connectivity index (χ0) is 15.5. The van der Waals surface area contributed by atoms with Gasteiger partial charge in [0.1, 0.15) is 5.75 Å². The van der Waals surface area contributed by atoms with Crippen LogP contribution in [0.25, 0.3) is 0 Å². The molecule has 4 nitrogen and oxygen atoms in total. The van der Waals surface area contributed by atoms with Gasteiger partial charge in [0, 0.05) is 4.47 Å². The van der Waals surface area contributed by atoms with E-state index in [1.54, 1.807) is 7.11 Å². The van der Waals surface area contributed by atoms with E-state index in [1.807, 2.05) is 24.3 Å². The number of guanidine groups is 1. The third kappa shape index (κ3) is 3.25. The molecule has 0 aromatic heterocycles. The van der Waals surface area contributed by atoms with Gasteiger partial charge in [0.2, 0.25) is 0 Å². The summed E-state index contributed by atoms with van der Waals surface area (Å²) in [5.41, 5.74) is 8.33. The lowest BCUT2D eigenvalue weighted by molar-refractivity contribution is 0.414. The van der Waals surface area contributed by atoms with Gasteiger partial charge in [-0.2, -0.15) is 0 Å². The predicted molar refractivity (Wildman–Crippen MR) is 92.0 cm³/mol. The SMILES string of the molecule is COc1ccc(C2CC(c3cccc(Br)c3)N=C(N)N2)cc1. The van der Waals surface area contributed by atoms with Crippen LogP contribution in [0.2, 0.25) is 0 Å². The molecule has 1 heterocycles. The molecule has 5 heteroatoms. The fraction of sp³-hybridized carbons (Fsp3) is 0.235. The van der Waals surface area contributed by atoms with Gasteiger partial charge in [-0.15, -0.1) is 0 Å². The fourth-order valence-electron chi connectivity index (χ4n) is 2.70. The van der Waals surface area contributed by atoms with Crippen molar-refractivity contribution in [3.63, 3.8) is 0 Å². The highest BCUT2D eigenvalue weighted by Gasteiger charge is 2.24. The molecule has 0 amide bonds. The lowest BCUT2D eigenvalue weighted by atomic mass is 9.94. The van der Waals surface area contributed by atoms with Crippen molar-refractivity contribution in [2.24, 2.45) is 10.7 Å². The molecule has 22 heavy (non-hydrogen) atoms. The van der Waals surface area contributed by atoms with Crippen molar-refractivity contribution in [1.29, 1.82) is 0 Å². The maximum atomic E-state index is 5.99. The molecule has 1 aliphatic rings. The van der Waals surface area contributed by atoms with Gasteiger partial charge in [-0.3, -0.25) is 0 Å². The van der Waals surface area contributed by atoms with E-state index in [2.05, 4.69) is 50.5 Å². The molecule has 3 rings (SSSR count). The molecule has 1 aliphatic heterocycles. The summed E-state index contributed by atoms with van der Waals surface area (Å²) in [6.45, 7) is 0. The van der Waals surface area contributed by atoms with E-state index < -0.39 is 0 Å². The minimum absolute atomic E-state index is 0.0610. The van der Waals surface area contributed by atoms with Gasteiger partial charge in [0.05, 0.1) is 19.2 Å². The number of nitrogens with zero attached hydrogens (tertiary/aromatic N) is 1. The van der Waals surface area contributed by atoms with Crippen molar-refractivity contribution in [2.75, 3.05) is 7.11 Å². The number of aliphatic imine (C=N–C) groups is 1. The van der Waals surface area contributed by atoms with Crippen LogP contribution in [-0.2, 0) is 0 Å². The number of benzene rings is 2. The number of hydrogen-bond donors (Lipinski definition) is 2. The van der Waals surface area contributed by atoms with Gasteiger partial charge in [-0.25, -0.2) is 4.99 Å². The lowest BCUT2D eigenvalue weighted by Gasteiger charge is -2.29. The van der Waals surface area contributed by atoms with Crippen molar-refractivity contribution in [3.8, 4) is 5.75 Å². The number of ether oxygens (including phenoxy) is 1. The highest BCUT2D eigenvalue weighted by molar-refractivity contribution is 9.10. The van der Waals surface area contributed by atoms with Crippen LogP contribution in [-0.4, -0.2) is 13.1 Å². The van der Waals surface area contributed by atoms with E-state index in [-0.39, 0.29) is 12.1 Å². The van der Waals surface area contributed by atoms with E-state index in [0.29, 0.717) is 5.96 Å². The van der Waals surface area contributed by atoms with Crippen LogP contribution in [0.1, 0.15) is 29.6 Å². The molecule has 0 spiro atoms. The zero-order valence-corrected chi connectivity index (χ0v) is 13.9. The maximum absolute atomic E-state index is 5.99. The van der Waals surface area contributed by atoms with Crippen LogP contribution in [0.3, 0.4) is 0 Å². The Morgan fingerprint density at radius 2 is 1.95 bits per heavy atom. The topological polar surface area (TPSA) is 59.6 Å². The predicted octanol–water partition coefficient (Wildman–Crippen LogP) is 3.55. The second kappa shape index (κ2) is 6.40. The first kappa shape index (κ1) is 14.9. The van der Waals surface area contributed by atoms with Crippen molar-refractivity contribution in [2.45, 2.75) is 18.5 Å². The third-order valence-electron chi connectivity index (χ3n) is 3.83. The summed E-state index contributed by atoms with van der Waals surface area (Å²) in [6.07, 6.45) is 0.865. The summed E-state index contributed by atoms with van der Waals surface area (Å²) in [5, 5.41) is 3.26. The summed E-state index contributed by atoms with van der Waals surface area (Å²) in [5.74, 6) is 1.33. The van der Waals surface area contributed by atoms with E-state index in [9.17, 15) is 0 Å². The lowest BCUT2D eigenvalue weighted by Crippen LogP contribution is -2.39. The van der Waals surface area contributed by atoms with E-state index in [4.69, 9.17) is 10.5 Å². The van der Waals surface area contributed by atoms with Gasteiger partial charge in [-0.05, 0) is 41.8 Å². The molecule has 114 valence electrons. The Labute approximate surface area is 138 Å². The Bertz CT molecular complexity index is 685. The first-order valence-corrected chi connectivity index (χ1v) is 7.94. The average molecular weight is 360 g/mol. The second-order valence-electron chi connectivity index (χ2n) is 5.29. The number of rotatable bonds is 3. The van der Waals surface area contributed by atoms with Gasteiger partial charge >= 0.3 is 0 Å². The molecule has 0 fully saturated rings. The van der Waals surface area contributed by atoms with Crippen LogP contribution in [0, 0.1) is 0 Å². The minimum atomic E-state index is 0.0610. The Hall–Kier alpha value is -2.01. The quantitative estimate of drug-likeness (QED) is 0.880. The van der Waals surface area contributed by atoms with Crippen molar-refractivity contribution < 1.29 is 4.74 Å². The van der Waals surface area contributed by atoms with E-state index in [0.717, 1.165) is 22.2 Å². The van der Waals surface area contributed by atoms with Crippen LogP contribution in [0.5, 0.6) is 5.75 Å². The molecular formula is C17H18BrN3O. The summed E-state index contributed by atoms with van der Waals surface area (Å²) in [6, 6.07) is 16.5. The molecule has 0 saturated carbocycles. The highest BCUT2D eigenvalue weighted by Crippen LogP contribution is 2.33. The summed E-state index contributed by atoms with van der Waals surface area (Å²) >= 11 is 3.51. The molecule has 0 bridgehead atoms.